The summed E-state index contributed by atoms with van der Waals surface area (Å²) >= 11 is 5.06. The summed E-state index contributed by atoms with van der Waals surface area (Å²) in [6.45, 7) is 0. The maximum atomic E-state index is 5.90. The summed E-state index contributed by atoms with van der Waals surface area (Å²) in [5.74, 6) is 0. The summed E-state index contributed by atoms with van der Waals surface area (Å²) in [5.41, 5.74) is 9.25. The summed E-state index contributed by atoms with van der Waals surface area (Å²) in [6, 6.07) is 18.5. The predicted molar refractivity (Wildman–Crippen MR) is 88.9 cm³/mol. The van der Waals surface area contributed by atoms with Crippen LogP contribution < -0.4 is 5.73 Å². The lowest BCUT2D eigenvalue weighted by Gasteiger charge is -2.03. The van der Waals surface area contributed by atoms with E-state index in [9.17, 15) is 0 Å². The van der Waals surface area contributed by atoms with Gasteiger partial charge in [-0.1, -0.05) is 58.4 Å². The van der Waals surface area contributed by atoms with Gasteiger partial charge in [0, 0.05) is 21.3 Å². The van der Waals surface area contributed by atoms with Crippen molar-refractivity contribution >= 4 is 32.4 Å². The average Bonchev–Trinajstić information content (AvgIpc) is 2.81. The van der Waals surface area contributed by atoms with E-state index >= 15 is 0 Å². The van der Waals surface area contributed by atoms with Gasteiger partial charge in [-0.15, -0.1) is 11.3 Å². The second kappa shape index (κ2) is 5.77. The molecular formula is C16H13BrN2S. The molecular weight excluding hydrogens is 332 g/mol. The highest BCUT2D eigenvalue weighted by atomic mass is 79.9. The second-order valence-electron chi connectivity index (χ2n) is 4.50. The number of benzene rings is 2. The Morgan fingerprint density at radius 3 is 2.60 bits per heavy atom. The van der Waals surface area contributed by atoms with Crippen molar-refractivity contribution in [2.45, 2.75) is 6.42 Å². The minimum atomic E-state index is 0.617. The smallest absolute Gasteiger partial charge is 0.180 e. The molecule has 0 saturated carbocycles. The van der Waals surface area contributed by atoms with Crippen molar-refractivity contribution in [2.75, 3.05) is 5.73 Å². The number of aromatic nitrogens is 1. The first-order chi connectivity index (χ1) is 9.72. The minimum Gasteiger partial charge on any atom is -0.375 e. The number of rotatable bonds is 3. The molecule has 2 nitrogen and oxygen atoms in total. The van der Waals surface area contributed by atoms with E-state index < -0.39 is 0 Å². The van der Waals surface area contributed by atoms with Crippen molar-refractivity contribution < 1.29 is 0 Å². The Morgan fingerprint density at radius 1 is 1.05 bits per heavy atom. The van der Waals surface area contributed by atoms with Crippen LogP contribution in [0.25, 0.3) is 11.3 Å². The first-order valence-corrected chi connectivity index (χ1v) is 7.88. The standard InChI is InChI=1S/C16H13BrN2S/c17-13-8-4-7-12(10-13)15-14(20-16(18)19-15)9-11-5-2-1-3-6-11/h1-8,10H,9H2,(H2,18,19). The van der Waals surface area contributed by atoms with Gasteiger partial charge < -0.3 is 5.73 Å². The van der Waals surface area contributed by atoms with Gasteiger partial charge in [0.25, 0.3) is 0 Å². The molecule has 2 aromatic carbocycles. The maximum absolute atomic E-state index is 5.90. The monoisotopic (exact) mass is 344 g/mol. The van der Waals surface area contributed by atoms with Crippen LogP contribution in [0.5, 0.6) is 0 Å². The van der Waals surface area contributed by atoms with Crippen LogP contribution >= 0.6 is 27.3 Å². The summed E-state index contributed by atoms with van der Waals surface area (Å²) in [4.78, 5) is 5.69. The van der Waals surface area contributed by atoms with Crippen molar-refractivity contribution in [1.29, 1.82) is 0 Å². The van der Waals surface area contributed by atoms with E-state index in [0.29, 0.717) is 5.13 Å². The summed E-state index contributed by atoms with van der Waals surface area (Å²) < 4.78 is 1.05. The summed E-state index contributed by atoms with van der Waals surface area (Å²) in [6.07, 6.45) is 0.859. The Bertz CT molecular complexity index is 722. The topological polar surface area (TPSA) is 38.9 Å². The van der Waals surface area contributed by atoms with E-state index in [1.807, 2.05) is 18.2 Å². The molecule has 0 atom stereocenters. The Morgan fingerprint density at radius 2 is 1.85 bits per heavy atom. The van der Waals surface area contributed by atoms with E-state index in [0.717, 1.165) is 22.2 Å². The van der Waals surface area contributed by atoms with E-state index in [-0.39, 0.29) is 0 Å². The number of halogens is 1. The van der Waals surface area contributed by atoms with Crippen LogP contribution in [0.4, 0.5) is 5.13 Å². The molecule has 100 valence electrons. The quantitative estimate of drug-likeness (QED) is 0.744. The molecule has 1 heterocycles. The molecule has 0 fully saturated rings. The predicted octanol–water partition coefficient (Wildman–Crippen LogP) is 4.75. The SMILES string of the molecule is Nc1nc(-c2cccc(Br)c2)c(Cc2ccccc2)s1. The van der Waals surface area contributed by atoms with E-state index in [2.05, 4.69) is 57.3 Å². The van der Waals surface area contributed by atoms with Crippen LogP contribution in [0.1, 0.15) is 10.4 Å². The van der Waals surface area contributed by atoms with E-state index in [4.69, 9.17) is 5.73 Å². The van der Waals surface area contributed by atoms with Gasteiger partial charge in [-0.2, -0.15) is 0 Å². The molecule has 1 aromatic heterocycles. The first kappa shape index (κ1) is 13.3. The Balaban J connectivity index is 2.00. The van der Waals surface area contributed by atoms with Crippen molar-refractivity contribution in [2.24, 2.45) is 0 Å². The van der Waals surface area contributed by atoms with Gasteiger partial charge >= 0.3 is 0 Å². The number of nitrogen functional groups attached to an aromatic ring is 1. The number of nitrogens with two attached hydrogens (primary N) is 1. The van der Waals surface area contributed by atoms with Crippen molar-refractivity contribution in [1.82, 2.24) is 4.98 Å². The van der Waals surface area contributed by atoms with Crippen molar-refractivity contribution in [3.8, 4) is 11.3 Å². The fourth-order valence-electron chi connectivity index (χ4n) is 2.13. The van der Waals surface area contributed by atoms with E-state index in [1.165, 1.54) is 10.4 Å². The Hall–Kier alpha value is -1.65. The van der Waals surface area contributed by atoms with Gasteiger partial charge in [0.1, 0.15) is 0 Å². The summed E-state index contributed by atoms with van der Waals surface area (Å²) in [7, 11) is 0. The summed E-state index contributed by atoms with van der Waals surface area (Å²) in [5, 5.41) is 0.617. The van der Waals surface area contributed by atoms with Gasteiger partial charge in [0.2, 0.25) is 0 Å². The van der Waals surface area contributed by atoms with Gasteiger partial charge in [-0.25, -0.2) is 4.98 Å². The van der Waals surface area contributed by atoms with Crippen LogP contribution in [0.3, 0.4) is 0 Å². The third-order valence-corrected chi connectivity index (χ3v) is 4.40. The number of anilines is 1. The number of hydrogen-bond acceptors (Lipinski definition) is 3. The molecule has 4 heteroatoms. The lowest BCUT2D eigenvalue weighted by Crippen LogP contribution is -1.89. The fourth-order valence-corrected chi connectivity index (χ4v) is 3.42. The van der Waals surface area contributed by atoms with Gasteiger partial charge in [0.05, 0.1) is 5.69 Å². The molecule has 0 aliphatic carbocycles. The van der Waals surface area contributed by atoms with Gasteiger partial charge in [-0.3, -0.25) is 0 Å². The van der Waals surface area contributed by atoms with Crippen LogP contribution in [0, 0.1) is 0 Å². The number of hydrogen-bond donors (Lipinski definition) is 1. The molecule has 20 heavy (non-hydrogen) atoms. The maximum Gasteiger partial charge on any atom is 0.180 e. The highest BCUT2D eigenvalue weighted by molar-refractivity contribution is 9.10. The normalized spacial score (nSPS) is 10.7. The van der Waals surface area contributed by atoms with Gasteiger partial charge in [-0.05, 0) is 17.7 Å². The fraction of sp³-hybridized carbons (Fsp3) is 0.0625. The lowest BCUT2D eigenvalue weighted by molar-refractivity contribution is 1.22. The highest BCUT2D eigenvalue weighted by Crippen LogP contribution is 2.32. The molecule has 0 saturated heterocycles. The number of thiazole rings is 1. The average molecular weight is 345 g/mol. The van der Waals surface area contributed by atoms with Crippen LogP contribution in [-0.4, -0.2) is 4.98 Å². The lowest BCUT2D eigenvalue weighted by atomic mass is 10.1. The molecule has 0 aliphatic heterocycles. The molecule has 2 N–H and O–H groups in total. The molecule has 0 bridgehead atoms. The van der Waals surface area contributed by atoms with Crippen LogP contribution in [-0.2, 0) is 6.42 Å². The second-order valence-corrected chi connectivity index (χ2v) is 6.53. The van der Waals surface area contributed by atoms with Gasteiger partial charge in [0.15, 0.2) is 5.13 Å². The zero-order chi connectivity index (χ0) is 13.9. The third kappa shape index (κ3) is 2.92. The zero-order valence-electron chi connectivity index (χ0n) is 10.7. The highest BCUT2D eigenvalue weighted by Gasteiger charge is 2.12. The van der Waals surface area contributed by atoms with Crippen LogP contribution in [0.15, 0.2) is 59.1 Å². The molecule has 3 rings (SSSR count). The Kier molecular flexibility index (Phi) is 3.85. The molecule has 0 radical (unpaired) electrons. The first-order valence-electron chi connectivity index (χ1n) is 6.27. The molecule has 0 unspecified atom stereocenters. The zero-order valence-corrected chi connectivity index (χ0v) is 13.1. The number of nitrogens with zero attached hydrogens (tertiary/aromatic N) is 1. The molecule has 0 aliphatic rings. The third-order valence-electron chi connectivity index (χ3n) is 3.02. The van der Waals surface area contributed by atoms with Crippen molar-refractivity contribution in [3.05, 3.63) is 69.5 Å². The minimum absolute atomic E-state index is 0.617. The Labute approximate surface area is 130 Å². The molecule has 0 amide bonds. The van der Waals surface area contributed by atoms with E-state index in [1.54, 1.807) is 11.3 Å². The van der Waals surface area contributed by atoms with Crippen LogP contribution in [0.2, 0.25) is 0 Å². The largest absolute Gasteiger partial charge is 0.375 e. The molecule has 0 spiro atoms. The van der Waals surface area contributed by atoms with Crippen molar-refractivity contribution in [3.63, 3.8) is 0 Å². The molecule has 3 aromatic rings.